The molecule has 0 aliphatic heterocycles. The fourth-order valence-corrected chi connectivity index (χ4v) is 2.08. The maximum absolute atomic E-state index is 11.7. The number of aryl methyl sites for hydroxylation is 1. The lowest BCUT2D eigenvalue weighted by Gasteiger charge is -2.10. The summed E-state index contributed by atoms with van der Waals surface area (Å²) in [5.74, 6) is -0.142. The molecule has 15 heavy (non-hydrogen) atoms. The SMILES string of the molecule is [CH2]CCOC(=O)C1CCc2ccccc21. The van der Waals surface area contributed by atoms with E-state index in [4.69, 9.17) is 4.74 Å². The Morgan fingerprint density at radius 3 is 3.07 bits per heavy atom. The molecule has 0 aromatic heterocycles. The third-order valence-electron chi connectivity index (χ3n) is 2.81. The molecule has 0 heterocycles. The summed E-state index contributed by atoms with van der Waals surface area (Å²) in [6.07, 6.45) is 2.51. The van der Waals surface area contributed by atoms with Gasteiger partial charge in [-0.2, -0.15) is 0 Å². The maximum Gasteiger partial charge on any atom is 0.313 e. The minimum absolute atomic E-state index is 0.0484. The minimum atomic E-state index is -0.0939. The van der Waals surface area contributed by atoms with Gasteiger partial charge in [0.1, 0.15) is 0 Å². The van der Waals surface area contributed by atoms with Crippen LogP contribution in [0.1, 0.15) is 29.9 Å². The van der Waals surface area contributed by atoms with Crippen LogP contribution in [0.4, 0.5) is 0 Å². The zero-order valence-electron chi connectivity index (χ0n) is 8.74. The summed E-state index contributed by atoms with van der Waals surface area (Å²) in [6, 6.07) is 8.11. The lowest BCUT2D eigenvalue weighted by molar-refractivity contribution is -0.145. The summed E-state index contributed by atoms with van der Waals surface area (Å²) in [6.45, 7) is 4.08. The van der Waals surface area contributed by atoms with Crippen LogP contribution in [-0.2, 0) is 16.0 Å². The van der Waals surface area contributed by atoms with E-state index in [1.807, 2.05) is 18.2 Å². The average molecular weight is 203 g/mol. The van der Waals surface area contributed by atoms with Gasteiger partial charge in [-0.05, 0) is 37.3 Å². The Morgan fingerprint density at radius 1 is 1.47 bits per heavy atom. The van der Waals surface area contributed by atoms with E-state index >= 15 is 0 Å². The van der Waals surface area contributed by atoms with Crippen molar-refractivity contribution in [2.45, 2.75) is 25.2 Å². The van der Waals surface area contributed by atoms with Crippen LogP contribution in [0.3, 0.4) is 0 Å². The van der Waals surface area contributed by atoms with Crippen molar-refractivity contribution >= 4 is 5.97 Å². The van der Waals surface area contributed by atoms with Crippen molar-refractivity contribution in [2.75, 3.05) is 6.61 Å². The predicted molar refractivity (Wildman–Crippen MR) is 58.4 cm³/mol. The second-order valence-corrected chi connectivity index (χ2v) is 3.81. The molecule has 0 saturated carbocycles. The fraction of sp³-hybridized carbons (Fsp3) is 0.385. The van der Waals surface area contributed by atoms with Gasteiger partial charge in [-0.1, -0.05) is 24.3 Å². The quantitative estimate of drug-likeness (QED) is 0.705. The van der Waals surface area contributed by atoms with Crippen LogP contribution in [-0.4, -0.2) is 12.6 Å². The van der Waals surface area contributed by atoms with Crippen molar-refractivity contribution in [1.82, 2.24) is 0 Å². The number of ether oxygens (including phenoxy) is 1. The summed E-state index contributed by atoms with van der Waals surface area (Å²) in [7, 11) is 0. The highest BCUT2D eigenvalue weighted by Gasteiger charge is 2.29. The van der Waals surface area contributed by atoms with Crippen LogP contribution < -0.4 is 0 Å². The first-order valence-electron chi connectivity index (χ1n) is 5.36. The largest absolute Gasteiger partial charge is 0.465 e. The van der Waals surface area contributed by atoms with Gasteiger partial charge in [0, 0.05) is 0 Å². The molecule has 2 nitrogen and oxygen atoms in total. The molecule has 1 aromatic rings. The molecular formula is C13H15O2. The first kappa shape index (κ1) is 10.2. The highest BCUT2D eigenvalue weighted by Crippen LogP contribution is 2.33. The van der Waals surface area contributed by atoms with Crippen LogP contribution in [0, 0.1) is 6.92 Å². The maximum atomic E-state index is 11.7. The van der Waals surface area contributed by atoms with Crippen molar-refractivity contribution in [2.24, 2.45) is 0 Å². The Morgan fingerprint density at radius 2 is 2.27 bits per heavy atom. The van der Waals surface area contributed by atoms with E-state index in [0.717, 1.165) is 18.4 Å². The van der Waals surface area contributed by atoms with Gasteiger partial charge in [-0.15, -0.1) is 0 Å². The predicted octanol–water partition coefficient (Wildman–Crippen LogP) is 2.48. The van der Waals surface area contributed by atoms with Crippen molar-refractivity contribution in [1.29, 1.82) is 0 Å². The summed E-state index contributed by atoms with van der Waals surface area (Å²) < 4.78 is 5.13. The topological polar surface area (TPSA) is 26.3 Å². The Balaban J connectivity index is 2.10. The lowest BCUT2D eigenvalue weighted by Crippen LogP contribution is -2.14. The molecule has 1 aromatic carbocycles. The van der Waals surface area contributed by atoms with Crippen LogP contribution in [0.15, 0.2) is 24.3 Å². The summed E-state index contributed by atoms with van der Waals surface area (Å²) in [5.41, 5.74) is 2.43. The van der Waals surface area contributed by atoms with Gasteiger partial charge in [0.2, 0.25) is 0 Å². The number of fused-ring (bicyclic) bond motifs is 1. The molecule has 1 radical (unpaired) electrons. The third-order valence-corrected chi connectivity index (χ3v) is 2.81. The molecule has 0 bridgehead atoms. The third kappa shape index (κ3) is 2.04. The number of hydrogen-bond donors (Lipinski definition) is 0. The molecule has 0 amide bonds. The molecule has 2 rings (SSSR count). The van der Waals surface area contributed by atoms with E-state index in [-0.39, 0.29) is 11.9 Å². The lowest BCUT2D eigenvalue weighted by atomic mass is 10.0. The van der Waals surface area contributed by atoms with Crippen molar-refractivity contribution in [3.05, 3.63) is 42.3 Å². The van der Waals surface area contributed by atoms with Gasteiger partial charge in [0.15, 0.2) is 0 Å². The van der Waals surface area contributed by atoms with Gasteiger partial charge < -0.3 is 4.74 Å². The molecule has 0 fully saturated rings. The van der Waals surface area contributed by atoms with Gasteiger partial charge in [-0.25, -0.2) is 0 Å². The number of esters is 1. The zero-order valence-corrected chi connectivity index (χ0v) is 8.74. The summed E-state index contributed by atoms with van der Waals surface area (Å²) in [5, 5.41) is 0. The normalized spacial score (nSPS) is 18.6. The monoisotopic (exact) mass is 203 g/mol. The fourth-order valence-electron chi connectivity index (χ4n) is 2.08. The Bertz CT molecular complexity index is 357. The molecule has 1 unspecified atom stereocenters. The van der Waals surface area contributed by atoms with Crippen LogP contribution in [0.25, 0.3) is 0 Å². The minimum Gasteiger partial charge on any atom is -0.465 e. The molecule has 0 N–H and O–H groups in total. The molecule has 1 aliphatic carbocycles. The van der Waals surface area contributed by atoms with Gasteiger partial charge >= 0.3 is 5.97 Å². The van der Waals surface area contributed by atoms with Gasteiger partial charge in [-0.3, -0.25) is 4.79 Å². The molecule has 2 heteroatoms. The van der Waals surface area contributed by atoms with E-state index in [9.17, 15) is 4.79 Å². The first-order chi connectivity index (χ1) is 7.33. The molecular weight excluding hydrogens is 188 g/mol. The summed E-state index contributed by atoms with van der Waals surface area (Å²) >= 11 is 0. The Labute approximate surface area is 90.3 Å². The zero-order chi connectivity index (χ0) is 10.7. The van der Waals surface area contributed by atoms with E-state index in [1.54, 1.807) is 0 Å². The smallest absolute Gasteiger partial charge is 0.313 e. The summed E-state index contributed by atoms with van der Waals surface area (Å²) in [4.78, 5) is 11.7. The second kappa shape index (κ2) is 4.47. The number of rotatable bonds is 3. The number of carbonyl (C=O) groups excluding carboxylic acids is 1. The van der Waals surface area contributed by atoms with Crippen LogP contribution in [0.5, 0.6) is 0 Å². The van der Waals surface area contributed by atoms with Crippen molar-refractivity contribution < 1.29 is 9.53 Å². The van der Waals surface area contributed by atoms with Crippen molar-refractivity contribution in [3.8, 4) is 0 Å². The van der Waals surface area contributed by atoms with E-state index in [2.05, 4.69) is 13.0 Å². The number of carbonyl (C=O) groups is 1. The molecule has 0 spiro atoms. The molecule has 1 aliphatic rings. The second-order valence-electron chi connectivity index (χ2n) is 3.81. The molecule has 79 valence electrons. The Hall–Kier alpha value is -1.31. The Kier molecular flexibility index (Phi) is 3.05. The first-order valence-corrected chi connectivity index (χ1v) is 5.36. The van der Waals surface area contributed by atoms with Crippen LogP contribution in [0.2, 0.25) is 0 Å². The van der Waals surface area contributed by atoms with E-state index in [0.29, 0.717) is 13.0 Å². The highest BCUT2D eigenvalue weighted by atomic mass is 16.5. The van der Waals surface area contributed by atoms with E-state index < -0.39 is 0 Å². The van der Waals surface area contributed by atoms with Gasteiger partial charge in [0.25, 0.3) is 0 Å². The number of hydrogen-bond acceptors (Lipinski definition) is 2. The highest BCUT2D eigenvalue weighted by molar-refractivity contribution is 5.79. The van der Waals surface area contributed by atoms with Gasteiger partial charge in [0.05, 0.1) is 12.5 Å². The van der Waals surface area contributed by atoms with Crippen LogP contribution >= 0.6 is 0 Å². The standard InChI is InChI=1S/C13H15O2/c1-2-9-15-13(14)12-8-7-10-5-3-4-6-11(10)12/h3-6,12H,1-2,7-9H2. The molecule has 1 atom stereocenters. The number of benzene rings is 1. The molecule has 0 saturated heterocycles. The van der Waals surface area contributed by atoms with Crippen molar-refractivity contribution in [3.63, 3.8) is 0 Å². The average Bonchev–Trinajstić information content (AvgIpc) is 2.69. The van der Waals surface area contributed by atoms with E-state index in [1.165, 1.54) is 5.56 Å².